The predicted octanol–water partition coefficient (Wildman–Crippen LogP) is -4.72. The van der Waals surface area contributed by atoms with E-state index in [1.807, 2.05) is 0 Å². The molecule has 2 aliphatic rings. The van der Waals surface area contributed by atoms with Crippen LogP contribution in [0.25, 0.3) is 0 Å². The highest BCUT2D eigenvalue weighted by molar-refractivity contribution is 4.92. The molecule has 0 spiro atoms. The highest BCUT2D eigenvalue weighted by atomic mass is 16.7. The van der Waals surface area contributed by atoms with Crippen molar-refractivity contribution in [2.45, 2.75) is 55.1 Å². The van der Waals surface area contributed by atoms with Crippen molar-refractivity contribution in [3.8, 4) is 0 Å². The summed E-state index contributed by atoms with van der Waals surface area (Å²) in [7, 11) is 0. The highest BCUT2D eigenvalue weighted by Crippen LogP contribution is 2.26. The van der Waals surface area contributed by atoms with Gasteiger partial charge in [-0.2, -0.15) is 0 Å². The SMILES string of the molecule is OCC1OC(OC2C(O)C(CO)OC[C@H]2O)C(O)C(O)C1O. The maximum atomic E-state index is 9.99. The van der Waals surface area contributed by atoms with Crippen LogP contribution in [0.5, 0.6) is 0 Å². The zero-order valence-corrected chi connectivity index (χ0v) is 11.7. The molecule has 0 aromatic carbocycles. The molecule has 7 N–H and O–H groups in total. The lowest BCUT2D eigenvalue weighted by atomic mass is 9.97. The van der Waals surface area contributed by atoms with E-state index in [0.29, 0.717) is 0 Å². The Balaban J connectivity index is 2.07. The lowest BCUT2D eigenvalue weighted by molar-refractivity contribution is -0.335. The first-order valence-electron chi connectivity index (χ1n) is 6.95. The van der Waals surface area contributed by atoms with Gasteiger partial charge in [-0.1, -0.05) is 0 Å². The number of ether oxygens (including phenoxy) is 3. The van der Waals surface area contributed by atoms with Gasteiger partial charge in [0.25, 0.3) is 0 Å². The Morgan fingerprint density at radius 1 is 0.818 bits per heavy atom. The Morgan fingerprint density at radius 2 is 1.45 bits per heavy atom. The van der Waals surface area contributed by atoms with Crippen LogP contribution in [0.2, 0.25) is 0 Å². The summed E-state index contributed by atoms with van der Waals surface area (Å²) in [6.45, 7) is -1.32. The quantitative estimate of drug-likeness (QED) is 0.266. The molecule has 2 heterocycles. The monoisotopic (exact) mass is 326 g/mol. The maximum Gasteiger partial charge on any atom is 0.187 e. The molecule has 2 fully saturated rings. The normalized spacial score (nSPS) is 50.0. The fraction of sp³-hybridized carbons (Fsp3) is 1.00. The van der Waals surface area contributed by atoms with E-state index in [4.69, 9.17) is 24.4 Å². The van der Waals surface area contributed by atoms with Gasteiger partial charge in [-0.05, 0) is 0 Å². The molecule has 130 valence electrons. The van der Waals surface area contributed by atoms with Crippen LogP contribution in [-0.2, 0) is 14.2 Å². The molecule has 8 unspecified atom stereocenters. The molecule has 2 saturated heterocycles. The van der Waals surface area contributed by atoms with E-state index in [0.717, 1.165) is 0 Å². The van der Waals surface area contributed by atoms with Crippen LogP contribution in [0.3, 0.4) is 0 Å². The lowest BCUT2D eigenvalue weighted by Gasteiger charge is -2.44. The molecule has 0 amide bonds. The van der Waals surface area contributed by atoms with Crippen LogP contribution in [0, 0.1) is 0 Å². The van der Waals surface area contributed by atoms with E-state index in [-0.39, 0.29) is 6.61 Å². The summed E-state index contributed by atoms with van der Waals surface area (Å²) in [4.78, 5) is 0. The van der Waals surface area contributed by atoms with Crippen LogP contribution >= 0.6 is 0 Å². The summed E-state index contributed by atoms with van der Waals surface area (Å²) in [6, 6.07) is 0. The summed E-state index contributed by atoms with van der Waals surface area (Å²) in [5.74, 6) is 0. The molecule has 9 atom stereocenters. The molecule has 0 radical (unpaired) electrons. The first-order valence-corrected chi connectivity index (χ1v) is 6.95. The Kier molecular flexibility index (Phi) is 6.07. The topological polar surface area (TPSA) is 169 Å². The second kappa shape index (κ2) is 7.45. The minimum Gasteiger partial charge on any atom is -0.394 e. The molecule has 2 rings (SSSR count). The van der Waals surface area contributed by atoms with Gasteiger partial charge in [0.1, 0.15) is 48.8 Å². The molecule has 0 aromatic rings. The van der Waals surface area contributed by atoms with Gasteiger partial charge in [-0.3, -0.25) is 0 Å². The summed E-state index contributed by atoms with van der Waals surface area (Å²) in [6.07, 6.45) is -12.3. The van der Waals surface area contributed by atoms with E-state index >= 15 is 0 Å². The molecular formula is C12H22O10. The predicted molar refractivity (Wildman–Crippen MR) is 67.5 cm³/mol. The van der Waals surface area contributed by atoms with Crippen molar-refractivity contribution in [1.82, 2.24) is 0 Å². The molecule has 0 saturated carbocycles. The second-order valence-corrected chi connectivity index (χ2v) is 5.41. The van der Waals surface area contributed by atoms with E-state index in [9.17, 15) is 25.5 Å². The van der Waals surface area contributed by atoms with Crippen molar-refractivity contribution in [2.24, 2.45) is 0 Å². The van der Waals surface area contributed by atoms with Crippen molar-refractivity contribution in [3.05, 3.63) is 0 Å². The van der Waals surface area contributed by atoms with E-state index in [2.05, 4.69) is 0 Å². The number of aliphatic hydroxyl groups is 7. The third-order valence-electron chi connectivity index (χ3n) is 3.90. The fourth-order valence-electron chi connectivity index (χ4n) is 2.52. The van der Waals surface area contributed by atoms with Gasteiger partial charge in [0.05, 0.1) is 19.8 Å². The molecule has 10 heteroatoms. The summed E-state index contributed by atoms with van der Waals surface area (Å²) in [5, 5.41) is 67.2. The van der Waals surface area contributed by atoms with Gasteiger partial charge < -0.3 is 50.0 Å². The van der Waals surface area contributed by atoms with Crippen molar-refractivity contribution in [2.75, 3.05) is 19.8 Å². The fourth-order valence-corrected chi connectivity index (χ4v) is 2.52. The molecule has 0 aromatic heterocycles. The molecule has 2 aliphatic heterocycles. The van der Waals surface area contributed by atoms with Crippen molar-refractivity contribution in [1.29, 1.82) is 0 Å². The molecular weight excluding hydrogens is 304 g/mol. The van der Waals surface area contributed by atoms with Gasteiger partial charge in [0.2, 0.25) is 0 Å². The first-order chi connectivity index (χ1) is 10.4. The first kappa shape index (κ1) is 17.9. The van der Waals surface area contributed by atoms with Gasteiger partial charge in [0, 0.05) is 0 Å². The van der Waals surface area contributed by atoms with Crippen LogP contribution < -0.4 is 0 Å². The lowest BCUT2D eigenvalue weighted by Crippen LogP contribution is -2.63. The Labute approximate surface area is 126 Å². The number of aliphatic hydroxyl groups excluding tert-OH is 7. The van der Waals surface area contributed by atoms with Gasteiger partial charge in [0.15, 0.2) is 6.29 Å². The second-order valence-electron chi connectivity index (χ2n) is 5.41. The zero-order chi connectivity index (χ0) is 16.4. The highest BCUT2D eigenvalue weighted by Gasteiger charge is 2.48. The number of rotatable bonds is 4. The average Bonchev–Trinajstić information content (AvgIpc) is 2.51. The number of hydrogen-bond donors (Lipinski definition) is 7. The van der Waals surface area contributed by atoms with E-state index in [1.165, 1.54) is 0 Å². The van der Waals surface area contributed by atoms with Gasteiger partial charge in [-0.15, -0.1) is 0 Å². The standard InChI is InChI=1S/C12H22O10/c13-1-5-8(17)11(4(15)3-20-5)22-12-10(19)9(18)7(16)6(2-14)21-12/h4-19H,1-3H2/t4-,5?,6?,7?,8?,9?,10?,11?,12?/m1/s1. The largest absolute Gasteiger partial charge is 0.394 e. The molecule has 0 aliphatic carbocycles. The third kappa shape index (κ3) is 3.41. The third-order valence-corrected chi connectivity index (χ3v) is 3.90. The Bertz CT molecular complexity index is 353. The van der Waals surface area contributed by atoms with Gasteiger partial charge >= 0.3 is 0 Å². The van der Waals surface area contributed by atoms with Crippen LogP contribution in [0.4, 0.5) is 0 Å². The molecule has 10 nitrogen and oxygen atoms in total. The molecule has 0 bridgehead atoms. The van der Waals surface area contributed by atoms with E-state index in [1.54, 1.807) is 0 Å². The van der Waals surface area contributed by atoms with Crippen molar-refractivity contribution in [3.63, 3.8) is 0 Å². The minimum atomic E-state index is -1.65. The smallest absolute Gasteiger partial charge is 0.187 e. The maximum absolute atomic E-state index is 9.99. The summed E-state index contributed by atoms with van der Waals surface area (Å²) >= 11 is 0. The summed E-state index contributed by atoms with van der Waals surface area (Å²) in [5.41, 5.74) is 0. The molecule has 22 heavy (non-hydrogen) atoms. The Morgan fingerprint density at radius 3 is 2.05 bits per heavy atom. The van der Waals surface area contributed by atoms with Crippen molar-refractivity contribution >= 4 is 0 Å². The van der Waals surface area contributed by atoms with Crippen LogP contribution in [-0.4, -0.2) is 111 Å². The summed E-state index contributed by atoms with van der Waals surface area (Å²) < 4.78 is 15.5. The Hall–Kier alpha value is -0.400. The van der Waals surface area contributed by atoms with Gasteiger partial charge in [-0.25, -0.2) is 0 Å². The van der Waals surface area contributed by atoms with E-state index < -0.39 is 68.3 Å². The number of hydrogen-bond acceptors (Lipinski definition) is 10. The van der Waals surface area contributed by atoms with Crippen LogP contribution in [0.15, 0.2) is 0 Å². The van der Waals surface area contributed by atoms with Crippen LogP contribution in [0.1, 0.15) is 0 Å². The average molecular weight is 326 g/mol. The van der Waals surface area contributed by atoms with Crippen molar-refractivity contribution < 1.29 is 50.0 Å². The minimum absolute atomic E-state index is 0.204. The zero-order valence-electron chi connectivity index (χ0n) is 11.7.